The predicted octanol–water partition coefficient (Wildman–Crippen LogP) is 4.05. The predicted molar refractivity (Wildman–Crippen MR) is 106 cm³/mol. The van der Waals surface area contributed by atoms with Crippen LogP contribution in [0.5, 0.6) is 5.75 Å². The highest BCUT2D eigenvalue weighted by Gasteiger charge is 2.38. The number of nitrogens with zero attached hydrogens (tertiary/aromatic N) is 3. The Morgan fingerprint density at radius 3 is 2.63 bits per heavy atom. The van der Waals surface area contributed by atoms with E-state index in [9.17, 15) is 18.4 Å². The molecule has 2 atom stereocenters. The van der Waals surface area contributed by atoms with Crippen molar-refractivity contribution >= 4 is 18.5 Å². The Morgan fingerprint density at radius 1 is 1.27 bits per heavy atom. The molecule has 2 heterocycles. The lowest BCUT2D eigenvalue weighted by atomic mass is 10.00. The Bertz CT molecular complexity index is 1040. The van der Waals surface area contributed by atoms with Crippen LogP contribution in [-0.2, 0) is 0 Å². The Balaban J connectivity index is 1.68. The van der Waals surface area contributed by atoms with Crippen LogP contribution in [0.2, 0.25) is 0 Å². The van der Waals surface area contributed by atoms with Gasteiger partial charge in [0, 0.05) is 31.3 Å². The standard InChI is InChI=1S/C22H21F2N3O3/c1-12-7-18-19(30-20-5-4-6-26(20)21(18)28)11-17(12)22(29)27(25-3)13(2)14-8-15(23)10-16(24)9-14/h7-11,13,20H,3-6H2,1-2H3/t13-,20-/m1/s1. The highest BCUT2D eigenvalue weighted by molar-refractivity contribution is 6.02. The van der Waals surface area contributed by atoms with Crippen molar-refractivity contribution in [3.05, 3.63) is 64.2 Å². The Morgan fingerprint density at radius 2 is 1.97 bits per heavy atom. The molecule has 1 fully saturated rings. The lowest BCUT2D eigenvalue weighted by Crippen LogP contribution is -2.43. The molecule has 8 heteroatoms. The molecular formula is C22H21F2N3O3. The van der Waals surface area contributed by atoms with Gasteiger partial charge in [-0.05, 0) is 55.7 Å². The summed E-state index contributed by atoms with van der Waals surface area (Å²) in [6, 6.07) is 5.47. The minimum atomic E-state index is -0.761. The molecule has 2 aromatic carbocycles. The first-order valence-corrected chi connectivity index (χ1v) is 9.68. The van der Waals surface area contributed by atoms with Gasteiger partial charge in [0.25, 0.3) is 11.8 Å². The second kappa shape index (κ2) is 7.51. The number of rotatable bonds is 4. The van der Waals surface area contributed by atoms with Crippen molar-refractivity contribution in [2.24, 2.45) is 5.10 Å². The molecule has 2 aliphatic rings. The van der Waals surface area contributed by atoms with Gasteiger partial charge in [-0.1, -0.05) is 0 Å². The molecule has 0 aliphatic carbocycles. The van der Waals surface area contributed by atoms with Gasteiger partial charge < -0.3 is 9.64 Å². The van der Waals surface area contributed by atoms with Gasteiger partial charge in [-0.2, -0.15) is 5.10 Å². The van der Waals surface area contributed by atoms with Crippen LogP contribution < -0.4 is 4.74 Å². The number of amides is 2. The van der Waals surface area contributed by atoms with Crippen LogP contribution in [0, 0.1) is 18.6 Å². The monoisotopic (exact) mass is 413 g/mol. The number of halogens is 2. The zero-order valence-electron chi connectivity index (χ0n) is 16.7. The van der Waals surface area contributed by atoms with Crippen molar-refractivity contribution in [2.75, 3.05) is 6.54 Å². The van der Waals surface area contributed by atoms with Crippen LogP contribution in [0.15, 0.2) is 35.4 Å². The van der Waals surface area contributed by atoms with Crippen molar-refractivity contribution in [1.29, 1.82) is 0 Å². The quantitative estimate of drug-likeness (QED) is 0.561. The Kier molecular flexibility index (Phi) is 5.01. The maximum Gasteiger partial charge on any atom is 0.274 e. The minimum absolute atomic E-state index is 0.108. The number of hydrogen-bond donors (Lipinski definition) is 0. The molecule has 0 radical (unpaired) electrons. The number of aryl methyl sites for hydroxylation is 1. The van der Waals surface area contributed by atoms with Gasteiger partial charge >= 0.3 is 0 Å². The highest BCUT2D eigenvalue weighted by atomic mass is 19.1. The van der Waals surface area contributed by atoms with Crippen molar-refractivity contribution in [1.82, 2.24) is 9.91 Å². The smallest absolute Gasteiger partial charge is 0.274 e. The molecule has 0 bridgehead atoms. The lowest BCUT2D eigenvalue weighted by Gasteiger charge is -2.32. The molecule has 30 heavy (non-hydrogen) atoms. The van der Waals surface area contributed by atoms with Gasteiger partial charge in [-0.25, -0.2) is 13.8 Å². The van der Waals surface area contributed by atoms with Gasteiger partial charge in [0.15, 0.2) is 6.23 Å². The fourth-order valence-corrected chi connectivity index (χ4v) is 4.02. The summed E-state index contributed by atoms with van der Waals surface area (Å²) in [7, 11) is 0. The number of hydrazone groups is 1. The van der Waals surface area contributed by atoms with Crippen molar-refractivity contribution in [2.45, 2.75) is 39.0 Å². The topological polar surface area (TPSA) is 62.2 Å². The number of benzene rings is 2. The van der Waals surface area contributed by atoms with E-state index >= 15 is 0 Å². The molecule has 1 saturated heterocycles. The Hall–Kier alpha value is -3.29. The van der Waals surface area contributed by atoms with Crippen LogP contribution in [0.1, 0.15) is 57.7 Å². The van der Waals surface area contributed by atoms with Crippen LogP contribution in [0.4, 0.5) is 8.78 Å². The average Bonchev–Trinajstić information content (AvgIpc) is 3.16. The number of fused-ring (bicyclic) bond motifs is 2. The summed E-state index contributed by atoms with van der Waals surface area (Å²) in [5, 5.41) is 4.86. The molecule has 0 N–H and O–H groups in total. The molecule has 0 spiro atoms. The third-order valence-corrected chi connectivity index (χ3v) is 5.60. The normalized spacial score (nSPS) is 18.3. The second-order valence-corrected chi connectivity index (χ2v) is 7.55. The van der Waals surface area contributed by atoms with Gasteiger partial charge in [0.1, 0.15) is 17.4 Å². The fourth-order valence-electron chi connectivity index (χ4n) is 4.02. The number of carbonyl (C=O) groups excluding carboxylic acids is 2. The molecular weight excluding hydrogens is 392 g/mol. The van der Waals surface area contributed by atoms with Crippen LogP contribution in [-0.4, -0.2) is 41.2 Å². The van der Waals surface area contributed by atoms with E-state index < -0.39 is 23.6 Å². The molecule has 2 amide bonds. The third kappa shape index (κ3) is 3.32. The van der Waals surface area contributed by atoms with E-state index in [1.165, 1.54) is 6.07 Å². The summed E-state index contributed by atoms with van der Waals surface area (Å²) < 4.78 is 33.2. The van der Waals surface area contributed by atoms with Crippen LogP contribution in [0.25, 0.3) is 0 Å². The fraction of sp³-hybridized carbons (Fsp3) is 0.318. The van der Waals surface area contributed by atoms with E-state index in [0.29, 0.717) is 23.4 Å². The SMILES string of the molecule is C=NN(C(=O)c1cc2c(cc1C)C(=O)N1CCC[C@H]1O2)[C@H](C)c1cc(F)cc(F)c1. The molecule has 156 valence electrons. The van der Waals surface area contributed by atoms with E-state index in [4.69, 9.17) is 4.74 Å². The maximum absolute atomic E-state index is 13.6. The zero-order valence-corrected chi connectivity index (χ0v) is 16.7. The van der Waals surface area contributed by atoms with E-state index in [0.717, 1.165) is 36.0 Å². The minimum Gasteiger partial charge on any atom is -0.470 e. The zero-order chi connectivity index (χ0) is 21.6. The van der Waals surface area contributed by atoms with Crippen molar-refractivity contribution < 1.29 is 23.1 Å². The highest BCUT2D eigenvalue weighted by Crippen LogP contribution is 2.35. The summed E-state index contributed by atoms with van der Waals surface area (Å²) in [6.07, 6.45) is 1.29. The van der Waals surface area contributed by atoms with E-state index in [2.05, 4.69) is 11.8 Å². The van der Waals surface area contributed by atoms with Gasteiger partial charge in [0.2, 0.25) is 0 Å². The first-order valence-electron chi connectivity index (χ1n) is 9.68. The number of carbonyl (C=O) groups is 2. The number of hydrogen-bond acceptors (Lipinski definition) is 4. The van der Waals surface area contributed by atoms with E-state index in [-0.39, 0.29) is 23.3 Å². The molecule has 2 aliphatic heterocycles. The average molecular weight is 413 g/mol. The van der Waals surface area contributed by atoms with Crippen molar-refractivity contribution in [3.8, 4) is 5.75 Å². The largest absolute Gasteiger partial charge is 0.470 e. The molecule has 0 unspecified atom stereocenters. The van der Waals surface area contributed by atoms with Gasteiger partial charge in [-0.3, -0.25) is 9.59 Å². The summed E-state index contributed by atoms with van der Waals surface area (Å²) >= 11 is 0. The van der Waals surface area contributed by atoms with Crippen molar-refractivity contribution in [3.63, 3.8) is 0 Å². The first kappa shape index (κ1) is 20.0. The van der Waals surface area contributed by atoms with Crippen LogP contribution in [0.3, 0.4) is 0 Å². The molecule has 0 saturated carbocycles. The van der Waals surface area contributed by atoms with Gasteiger partial charge in [0.05, 0.1) is 11.6 Å². The first-order chi connectivity index (χ1) is 14.3. The summed E-state index contributed by atoms with van der Waals surface area (Å²) in [5.74, 6) is -1.75. The molecule has 2 aromatic rings. The summed E-state index contributed by atoms with van der Waals surface area (Å²) in [6.45, 7) is 7.41. The third-order valence-electron chi connectivity index (χ3n) is 5.60. The molecule has 4 rings (SSSR count). The molecule has 0 aromatic heterocycles. The van der Waals surface area contributed by atoms with E-state index in [1.54, 1.807) is 24.8 Å². The number of ether oxygens (including phenoxy) is 1. The van der Waals surface area contributed by atoms with Crippen LogP contribution >= 0.6 is 0 Å². The maximum atomic E-state index is 13.6. The Labute approximate surface area is 172 Å². The molecule has 6 nitrogen and oxygen atoms in total. The second-order valence-electron chi connectivity index (χ2n) is 7.55. The lowest BCUT2D eigenvalue weighted by molar-refractivity contribution is 0.0292. The summed E-state index contributed by atoms with van der Waals surface area (Å²) in [5.41, 5.74) is 1.51. The summed E-state index contributed by atoms with van der Waals surface area (Å²) in [4.78, 5) is 27.7. The van der Waals surface area contributed by atoms with E-state index in [1.807, 2.05) is 0 Å². The van der Waals surface area contributed by atoms with Gasteiger partial charge in [-0.15, -0.1) is 0 Å².